The molecule has 0 bridgehead atoms. The van der Waals surface area contributed by atoms with E-state index in [1.165, 1.54) is 24.5 Å². The largest absolute Gasteiger partial charge is 0.384 e. The van der Waals surface area contributed by atoms with Crippen LogP contribution in [0.25, 0.3) is 0 Å². The number of rotatable bonds is 6. The van der Waals surface area contributed by atoms with E-state index < -0.39 is 11.2 Å². The van der Waals surface area contributed by atoms with Crippen molar-refractivity contribution in [2.24, 2.45) is 13.0 Å². The Morgan fingerprint density at radius 2 is 1.61 bits per heavy atom. The normalized spacial score (nSPS) is 18.7. The summed E-state index contributed by atoms with van der Waals surface area (Å²) in [7, 11) is 1.37. The second-order valence-corrected chi connectivity index (χ2v) is 8.77. The molecule has 31 heavy (non-hydrogen) atoms. The molecule has 2 N–H and O–H groups in total. The van der Waals surface area contributed by atoms with Crippen LogP contribution in [0.15, 0.2) is 9.59 Å². The van der Waals surface area contributed by atoms with Crippen LogP contribution < -0.4 is 17.0 Å². The Morgan fingerprint density at radius 1 is 1.00 bits per heavy atom. The van der Waals surface area contributed by atoms with Crippen LogP contribution in [0.3, 0.4) is 0 Å². The highest BCUT2D eigenvalue weighted by atomic mass is 16.2. The zero-order valence-electron chi connectivity index (χ0n) is 18.8. The quantitative estimate of drug-likeness (QED) is 0.666. The average molecular weight is 434 g/mol. The predicted molar refractivity (Wildman–Crippen MR) is 119 cm³/mol. The maximum atomic E-state index is 12.9. The van der Waals surface area contributed by atoms with Gasteiger partial charge in [0.2, 0.25) is 5.91 Å². The summed E-state index contributed by atoms with van der Waals surface area (Å²) in [5.41, 5.74) is 4.80. The fourth-order valence-corrected chi connectivity index (χ4v) is 4.65. The smallest absolute Gasteiger partial charge is 0.332 e. The first-order valence-electron chi connectivity index (χ1n) is 11.5. The molecule has 0 spiro atoms. The van der Waals surface area contributed by atoms with Crippen LogP contribution in [0.5, 0.6) is 0 Å². The van der Waals surface area contributed by atoms with Crippen LogP contribution in [0.1, 0.15) is 62.2 Å². The van der Waals surface area contributed by atoms with Gasteiger partial charge in [0.1, 0.15) is 11.4 Å². The lowest BCUT2D eigenvalue weighted by Crippen LogP contribution is -2.46. The van der Waals surface area contributed by atoms with Gasteiger partial charge in [-0.25, -0.2) is 4.79 Å². The molecule has 1 aromatic rings. The molecule has 2 aliphatic rings. The number of hydrogen-bond acceptors (Lipinski definition) is 6. The van der Waals surface area contributed by atoms with Gasteiger partial charge in [-0.1, -0.05) is 19.8 Å². The third-order valence-corrected chi connectivity index (χ3v) is 6.53. The number of nitrogen functional groups attached to an aromatic ring is 1. The summed E-state index contributed by atoms with van der Waals surface area (Å²) in [6.07, 6.45) is 6.63. The SMILES string of the molecule is CCCn1c(N)c(C(=O)CN2CCC(C(=O)N3CCCCCC3)CC2)c(=O)n(C)c1=O. The maximum Gasteiger partial charge on any atom is 0.332 e. The van der Waals surface area contributed by atoms with Crippen LogP contribution in [-0.4, -0.2) is 63.3 Å². The summed E-state index contributed by atoms with van der Waals surface area (Å²) < 4.78 is 2.24. The van der Waals surface area contributed by atoms with E-state index in [1.807, 2.05) is 16.7 Å². The Morgan fingerprint density at radius 3 is 2.19 bits per heavy atom. The topological polar surface area (TPSA) is 111 Å². The van der Waals surface area contributed by atoms with Crippen LogP contribution >= 0.6 is 0 Å². The molecule has 0 aliphatic carbocycles. The van der Waals surface area contributed by atoms with Crippen LogP contribution in [-0.2, 0) is 18.4 Å². The number of carbonyl (C=O) groups excluding carboxylic acids is 2. The molecule has 0 radical (unpaired) electrons. The number of Topliss-reactive ketones (excluding diaryl/α,β-unsaturated/α-hetero) is 1. The molecule has 9 nitrogen and oxygen atoms in total. The number of carbonyl (C=O) groups is 2. The van der Waals surface area contributed by atoms with Crippen molar-refractivity contribution in [3.63, 3.8) is 0 Å². The van der Waals surface area contributed by atoms with Crippen molar-refractivity contribution in [1.29, 1.82) is 0 Å². The summed E-state index contributed by atoms with van der Waals surface area (Å²) >= 11 is 0. The van der Waals surface area contributed by atoms with Gasteiger partial charge >= 0.3 is 5.69 Å². The van der Waals surface area contributed by atoms with Crippen molar-refractivity contribution >= 4 is 17.5 Å². The highest BCUT2D eigenvalue weighted by molar-refractivity contribution is 6.01. The van der Waals surface area contributed by atoms with Gasteiger partial charge in [0.25, 0.3) is 5.56 Å². The summed E-state index contributed by atoms with van der Waals surface area (Å²) in [5, 5.41) is 0. The predicted octanol–water partition coefficient (Wildman–Crippen LogP) is 0.837. The molecule has 2 saturated heterocycles. The third-order valence-electron chi connectivity index (χ3n) is 6.53. The van der Waals surface area contributed by atoms with Crippen molar-refractivity contribution in [3.05, 3.63) is 26.4 Å². The van der Waals surface area contributed by atoms with Gasteiger partial charge in [0.05, 0.1) is 6.54 Å². The molecule has 1 aromatic heterocycles. The molecule has 9 heteroatoms. The molecule has 2 fully saturated rings. The first-order valence-corrected chi connectivity index (χ1v) is 11.5. The Balaban J connectivity index is 1.64. The number of nitrogens with two attached hydrogens (primary N) is 1. The molecule has 0 saturated carbocycles. The number of hydrogen-bond donors (Lipinski definition) is 1. The van der Waals surface area contributed by atoms with E-state index in [9.17, 15) is 19.2 Å². The van der Waals surface area contributed by atoms with E-state index in [1.54, 1.807) is 0 Å². The molecule has 2 aliphatic heterocycles. The van der Waals surface area contributed by atoms with E-state index in [0.29, 0.717) is 38.9 Å². The highest BCUT2D eigenvalue weighted by Gasteiger charge is 2.30. The zero-order valence-corrected chi connectivity index (χ0v) is 18.8. The van der Waals surface area contributed by atoms with Gasteiger partial charge in [-0.2, -0.15) is 0 Å². The molecule has 3 heterocycles. The Kier molecular flexibility index (Phi) is 7.69. The van der Waals surface area contributed by atoms with E-state index in [2.05, 4.69) is 0 Å². The number of likely N-dealkylation sites (tertiary alicyclic amines) is 2. The number of nitrogens with zero attached hydrogens (tertiary/aromatic N) is 4. The Labute approximate surface area is 182 Å². The number of amides is 1. The molecular formula is C22H35N5O4. The van der Waals surface area contributed by atoms with E-state index >= 15 is 0 Å². The monoisotopic (exact) mass is 433 g/mol. The van der Waals surface area contributed by atoms with Crippen molar-refractivity contribution in [1.82, 2.24) is 18.9 Å². The highest BCUT2D eigenvalue weighted by Crippen LogP contribution is 2.22. The summed E-state index contributed by atoms with van der Waals surface area (Å²) in [6.45, 7) is 5.28. The summed E-state index contributed by atoms with van der Waals surface area (Å²) in [5.74, 6) is -0.169. The summed E-state index contributed by atoms with van der Waals surface area (Å²) in [4.78, 5) is 54.7. The van der Waals surface area contributed by atoms with E-state index in [4.69, 9.17) is 5.73 Å². The van der Waals surface area contributed by atoms with Gasteiger partial charge in [0.15, 0.2) is 5.78 Å². The number of ketones is 1. The van der Waals surface area contributed by atoms with Gasteiger partial charge < -0.3 is 10.6 Å². The second-order valence-electron chi connectivity index (χ2n) is 8.77. The minimum absolute atomic E-state index is 0.00819. The van der Waals surface area contributed by atoms with E-state index in [0.717, 1.165) is 30.5 Å². The van der Waals surface area contributed by atoms with Gasteiger partial charge in [-0.05, 0) is 45.2 Å². The fraction of sp³-hybridized carbons (Fsp3) is 0.727. The van der Waals surface area contributed by atoms with Gasteiger partial charge in [-0.15, -0.1) is 0 Å². The second kappa shape index (κ2) is 10.3. The number of anilines is 1. The van der Waals surface area contributed by atoms with Crippen molar-refractivity contribution < 1.29 is 9.59 Å². The lowest BCUT2D eigenvalue weighted by molar-refractivity contribution is -0.137. The molecule has 172 valence electrons. The lowest BCUT2D eigenvalue weighted by atomic mass is 9.94. The Hall–Kier alpha value is -2.42. The van der Waals surface area contributed by atoms with E-state index in [-0.39, 0.29) is 35.5 Å². The fourth-order valence-electron chi connectivity index (χ4n) is 4.65. The van der Waals surface area contributed by atoms with Crippen molar-refractivity contribution in [2.75, 3.05) is 38.5 Å². The first-order chi connectivity index (χ1) is 14.8. The third kappa shape index (κ3) is 5.08. The zero-order chi connectivity index (χ0) is 22.5. The van der Waals surface area contributed by atoms with Crippen molar-refractivity contribution in [3.8, 4) is 0 Å². The molecule has 1 amide bonds. The standard InChI is InChI=1S/C22H35N5O4/c1-3-10-27-19(23)18(21(30)24(2)22(27)31)17(28)15-25-13-8-16(9-14-25)20(29)26-11-6-4-5-7-12-26/h16H,3-15,23H2,1-2H3. The minimum atomic E-state index is -0.647. The first kappa shape index (κ1) is 23.2. The molecule has 0 atom stereocenters. The number of aromatic nitrogens is 2. The number of piperidine rings is 1. The molecule has 0 unspecified atom stereocenters. The summed E-state index contributed by atoms with van der Waals surface area (Å²) in [6, 6.07) is 0. The molecule has 0 aromatic carbocycles. The maximum absolute atomic E-state index is 12.9. The van der Waals surface area contributed by atoms with Gasteiger partial charge in [0, 0.05) is 32.6 Å². The Bertz CT molecular complexity index is 919. The van der Waals surface area contributed by atoms with Crippen LogP contribution in [0.2, 0.25) is 0 Å². The molecule has 3 rings (SSSR count). The van der Waals surface area contributed by atoms with Crippen LogP contribution in [0.4, 0.5) is 5.82 Å². The van der Waals surface area contributed by atoms with Crippen molar-refractivity contribution in [2.45, 2.75) is 58.4 Å². The van der Waals surface area contributed by atoms with Gasteiger partial charge in [-0.3, -0.25) is 28.4 Å². The lowest BCUT2D eigenvalue weighted by Gasteiger charge is -2.33. The van der Waals surface area contributed by atoms with Crippen LogP contribution in [0, 0.1) is 5.92 Å². The minimum Gasteiger partial charge on any atom is -0.384 e. The average Bonchev–Trinajstić information content (AvgIpc) is 3.05. The molecular weight excluding hydrogens is 398 g/mol.